The van der Waals surface area contributed by atoms with Gasteiger partial charge in [0, 0.05) is 0 Å². The zero-order valence-electron chi connectivity index (χ0n) is 7.09. The summed E-state index contributed by atoms with van der Waals surface area (Å²) >= 11 is 0. The first-order valence-corrected chi connectivity index (χ1v) is 4.31. The second kappa shape index (κ2) is 2.98. The highest BCUT2D eigenvalue weighted by molar-refractivity contribution is 5.55. The van der Waals surface area contributed by atoms with Crippen LogP contribution in [-0.4, -0.2) is 0 Å². The summed E-state index contributed by atoms with van der Waals surface area (Å²) in [5.41, 5.74) is 4.10. The Bertz CT molecular complexity index is 322. The van der Waals surface area contributed by atoms with Gasteiger partial charge in [0.2, 0.25) is 0 Å². The smallest absolute Gasteiger partial charge is 0.00823 e. The van der Waals surface area contributed by atoms with Crippen LogP contribution in [0.3, 0.4) is 0 Å². The number of allylic oxidation sites excluding steroid dienone is 9. The summed E-state index contributed by atoms with van der Waals surface area (Å²) in [5, 5.41) is 0. The fourth-order valence-corrected chi connectivity index (χ4v) is 1.68. The Morgan fingerprint density at radius 3 is 2.83 bits per heavy atom. The minimum atomic E-state index is 1.07. The Kier molecular flexibility index (Phi) is 1.83. The highest BCUT2D eigenvalue weighted by Gasteiger charge is 2.10. The molecule has 2 rings (SSSR count). The van der Waals surface area contributed by atoms with Crippen LogP contribution in [0.25, 0.3) is 0 Å². The molecule has 0 heterocycles. The molecule has 0 fully saturated rings. The van der Waals surface area contributed by atoms with E-state index in [1.807, 2.05) is 6.08 Å². The van der Waals surface area contributed by atoms with Crippen LogP contribution in [0.15, 0.2) is 59.8 Å². The monoisotopic (exact) mass is 156 g/mol. The molecule has 0 aromatic carbocycles. The molecule has 0 atom stereocenters. The molecule has 0 bridgehead atoms. The average molecular weight is 156 g/mol. The molecule has 0 aromatic rings. The van der Waals surface area contributed by atoms with Crippen LogP contribution in [0.4, 0.5) is 0 Å². The Labute approximate surface area is 73.3 Å². The molecule has 0 aromatic heterocycles. The Morgan fingerprint density at radius 1 is 1.25 bits per heavy atom. The van der Waals surface area contributed by atoms with Gasteiger partial charge in [-0.05, 0) is 29.6 Å². The normalized spacial score (nSPS) is 20.5. The molecule has 2 aliphatic rings. The molecule has 0 spiro atoms. The van der Waals surface area contributed by atoms with Crippen molar-refractivity contribution in [2.45, 2.75) is 12.8 Å². The van der Waals surface area contributed by atoms with E-state index in [-0.39, 0.29) is 0 Å². The zero-order valence-corrected chi connectivity index (χ0v) is 7.09. The van der Waals surface area contributed by atoms with Crippen molar-refractivity contribution in [3.05, 3.63) is 59.8 Å². The third kappa shape index (κ3) is 1.10. The third-order valence-electron chi connectivity index (χ3n) is 2.31. The van der Waals surface area contributed by atoms with Gasteiger partial charge in [-0.3, -0.25) is 0 Å². The van der Waals surface area contributed by atoms with Gasteiger partial charge < -0.3 is 0 Å². The summed E-state index contributed by atoms with van der Waals surface area (Å²) < 4.78 is 0. The summed E-state index contributed by atoms with van der Waals surface area (Å²) in [7, 11) is 0. The van der Waals surface area contributed by atoms with Crippen LogP contribution in [0.1, 0.15) is 12.8 Å². The Hall–Kier alpha value is -1.30. The van der Waals surface area contributed by atoms with E-state index in [4.69, 9.17) is 0 Å². The van der Waals surface area contributed by atoms with Gasteiger partial charge in [-0.2, -0.15) is 0 Å². The van der Waals surface area contributed by atoms with E-state index in [1.54, 1.807) is 0 Å². The van der Waals surface area contributed by atoms with Crippen molar-refractivity contribution < 1.29 is 0 Å². The highest BCUT2D eigenvalue weighted by Crippen LogP contribution is 2.29. The maximum Gasteiger partial charge on any atom is -0.00823 e. The minimum absolute atomic E-state index is 1.07. The van der Waals surface area contributed by atoms with Crippen molar-refractivity contribution in [3.63, 3.8) is 0 Å². The standard InChI is InChI=1S/C12H12/c1-2-10-8-5-9-12(10)11-6-3-4-7-11/h2-3,5-8H,1,4,9H2. The van der Waals surface area contributed by atoms with Crippen molar-refractivity contribution in [1.82, 2.24) is 0 Å². The van der Waals surface area contributed by atoms with Crippen LogP contribution >= 0.6 is 0 Å². The van der Waals surface area contributed by atoms with E-state index >= 15 is 0 Å². The lowest BCUT2D eigenvalue weighted by atomic mass is 10.0. The molecule has 0 unspecified atom stereocenters. The minimum Gasteiger partial charge on any atom is -0.0985 e. The van der Waals surface area contributed by atoms with E-state index < -0.39 is 0 Å². The molecule has 12 heavy (non-hydrogen) atoms. The van der Waals surface area contributed by atoms with E-state index in [0.29, 0.717) is 0 Å². The number of hydrogen-bond donors (Lipinski definition) is 0. The van der Waals surface area contributed by atoms with Crippen LogP contribution in [0.2, 0.25) is 0 Å². The van der Waals surface area contributed by atoms with Crippen molar-refractivity contribution in [1.29, 1.82) is 0 Å². The molecule has 0 saturated heterocycles. The molecular weight excluding hydrogens is 144 g/mol. The van der Waals surface area contributed by atoms with E-state index in [2.05, 4.69) is 37.0 Å². The first kappa shape index (κ1) is 7.35. The molecule has 60 valence electrons. The van der Waals surface area contributed by atoms with Crippen LogP contribution in [0.5, 0.6) is 0 Å². The predicted octanol–water partition coefficient (Wildman–Crippen LogP) is 3.32. The van der Waals surface area contributed by atoms with Crippen LogP contribution in [-0.2, 0) is 0 Å². The zero-order chi connectivity index (χ0) is 8.39. The lowest BCUT2D eigenvalue weighted by Gasteiger charge is -2.02. The molecule has 0 N–H and O–H groups in total. The third-order valence-corrected chi connectivity index (χ3v) is 2.31. The molecule has 0 nitrogen and oxygen atoms in total. The molecule has 0 heteroatoms. The summed E-state index contributed by atoms with van der Waals surface area (Å²) in [4.78, 5) is 0. The van der Waals surface area contributed by atoms with E-state index in [9.17, 15) is 0 Å². The predicted molar refractivity (Wildman–Crippen MR) is 52.8 cm³/mol. The topological polar surface area (TPSA) is 0 Å². The molecule has 0 radical (unpaired) electrons. The van der Waals surface area contributed by atoms with Crippen molar-refractivity contribution in [3.8, 4) is 0 Å². The van der Waals surface area contributed by atoms with Gasteiger partial charge in [-0.1, -0.05) is 43.0 Å². The SMILES string of the molecule is C=CC1=C(C2=CCC=C2)CC=C1. The van der Waals surface area contributed by atoms with Crippen LogP contribution < -0.4 is 0 Å². The van der Waals surface area contributed by atoms with Gasteiger partial charge in [-0.25, -0.2) is 0 Å². The molecule has 2 aliphatic carbocycles. The second-order valence-electron chi connectivity index (χ2n) is 3.04. The van der Waals surface area contributed by atoms with Gasteiger partial charge in [0.15, 0.2) is 0 Å². The Morgan fingerprint density at radius 2 is 2.17 bits per heavy atom. The first-order valence-electron chi connectivity index (χ1n) is 4.31. The number of rotatable bonds is 2. The van der Waals surface area contributed by atoms with Gasteiger partial charge in [-0.15, -0.1) is 0 Å². The second-order valence-corrected chi connectivity index (χ2v) is 3.04. The van der Waals surface area contributed by atoms with Gasteiger partial charge >= 0.3 is 0 Å². The fraction of sp³-hybridized carbons (Fsp3) is 0.167. The fourth-order valence-electron chi connectivity index (χ4n) is 1.68. The van der Waals surface area contributed by atoms with Crippen LogP contribution in [0, 0.1) is 0 Å². The van der Waals surface area contributed by atoms with Gasteiger partial charge in [0.05, 0.1) is 0 Å². The lowest BCUT2D eigenvalue weighted by molar-refractivity contribution is 1.27. The Balaban J connectivity index is 2.35. The first-order chi connectivity index (χ1) is 5.92. The summed E-state index contributed by atoms with van der Waals surface area (Å²) in [6.45, 7) is 3.80. The van der Waals surface area contributed by atoms with Crippen molar-refractivity contribution in [2.24, 2.45) is 0 Å². The molecule has 0 aliphatic heterocycles. The summed E-state index contributed by atoms with van der Waals surface area (Å²) in [5.74, 6) is 0. The molecule has 0 saturated carbocycles. The van der Waals surface area contributed by atoms with Crippen molar-refractivity contribution in [2.75, 3.05) is 0 Å². The summed E-state index contributed by atoms with van der Waals surface area (Å²) in [6, 6.07) is 0. The average Bonchev–Trinajstić information content (AvgIpc) is 2.74. The lowest BCUT2D eigenvalue weighted by Crippen LogP contribution is -1.83. The highest BCUT2D eigenvalue weighted by atomic mass is 14.1. The van der Waals surface area contributed by atoms with Gasteiger partial charge in [0.25, 0.3) is 0 Å². The number of hydrogen-bond acceptors (Lipinski definition) is 0. The molecular formula is C12H12. The van der Waals surface area contributed by atoms with E-state index in [0.717, 1.165) is 12.8 Å². The van der Waals surface area contributed by atoms with Crippen molar-refractivity contribution >= 4 is 0 Å². The maximum atomic E-state index is 3.80. The van der Waals surface area contributed by atoms with E-state index in [1.165, 1.54) is 16.7 Å². The summed E-state index contributed by atoms with van der Waals surface area (Å²) in [6.07, 6.45) is 15.1. The molecule has 0 amide bonds. The maximum absolute atomic E-state index is 3.80. The van der Waals surface area contributed by atoms with Gasteiger partial charge in [0.1, 0.15) is 0 Å². The largest absolute Gasteiger partial charge is 0.0985 e. The quantitative estimate of drug-likeness (QED) is 0.575.